The maximum absolute atomic E-state index is 12.3. The van der Waals surface area contributed by atoms with Gasteiger partial charge in [0.25, 0.3) is 5.91 Å². The van der Waals surface area contributed by atoms with Crippen molar-refractivity contribution in [1.29, 1.82) is 0 Å². The number of rotatable bonds is 7. The number of fused-ring (bicyclic) bond motifs is 1. The van der Waals surface area contributed by atoms with Gasteiger partial charge in [-0.15, -0.1) is 0 Å². The molecule has 7 nitrogen and oxygen atoms in total. The molecular weight excluding hydrogens is 308 g/mol. The predicted molar refractivity (Wildman–Crippen MR) is 90.8 cm³/mol. The van der Waals surface area contributed by atoms with E-state index in [-0.39, 0.29) is 24.4 Å². The molecule has 0 radical (unpaired) electrons. The number of carboxylic acids is 1. The van der Waals surface area contributed by atoms with E-state index in [0.29, 0.717) is 12.0 Å². The Balaban J connectivity index is 2.09. The lowest BCUT2D eigenvalue weighted by Crippen LogP contribution is -2.33. The summed E-state index contributed by atoms with van der Waals surface area (Å²) in [6.45, 7) is 8.05. The number of carboxylic acid groups (broad SMARTS) is 1. The van der Waals surface area contributed by atoms with Crippen molar-refractivity contribution >= 4 is 22.9 Å². The maximum atomic E-state index is 12.3. The maximum Gasteiger partial charge on any atom is 0.308 e. The van der Waals surface area contributed by atoms with Gasteiger partial charge in [-0.25, -0.2) is 9.67 Å². The van der Waals surface area contributed by atoms with Crippen LogP contribution in [-0.2, 0) is 4.79 Å². The van der Waals surface area contributed by atoms with Gasteiger partial charge in [-0.3, -0.25) is 9.59 Å². The summed E-state index contributed by atoms with van der Waals surface area (Å²) < 4.78 is 1.79. The normalized spacial score (nSPS) is 12.8. The largest absolute Gasteiger partial charge is 0.481 e. The minimum atomic E-state index is -0.893. The highest BCUT2D eigenvalue weighted by atomic mass is 16.4. The highest BCUT2D eigenvalue weighted by molar-refractivity contribution is 5.97. The van der Waals surface area contributed by atoms with Gasteiger partial charge >= 0.3 is 5.97 Å². The summed E-state index contributed by atoms with van der Waals surface area (Å²) in [5, 5.41) is 17.0. The molecule has 0 bridgehead atoms. The van der Waals surface area contributed by atoms with Crippen LogP contribution in [0.1, 0.15) is 50.5 Å². The lowest BCUT2D eigenvalue weighted by Gasteiger charge is -2.15. The second-order valence-electron chi connectivity index (χ2n) is 6.69. The zero-order valence-corrected chi connectivity index (χ0v) is 14.5. The van der Waals surface area contributed by atoms with Gasteiger partial charge < -0.3 is 10.4 Å². The number of nitrogens with zero attached hydrogens (tertiary/aromatic N) is 3. The van der Waals surface area contributed by atoms with Gasteiger partial charge in [0.15, 0.2) is 5.65 Å². The number of amides is 1. The molecule has 1 unspecified atom stereocenters. The number of nitrogens with one attached hydrogen (secondary N) is 1. The van der Waals surface area contributed by atoms with Crippen LogP contribution in [0.5, 0.6) is 0 Å². The molecular formula is C17H24N4O3. The molecule has 1 atom stereocenters. The third kappa shape index (κ3) is 4.10. The van der Waals surface area contributed by atoms with Crippen LogP contribution in [0, 0.1) is 11.8 Å². The molecule has 130 valence electrons. The summed E-state index contributed by atoms with van der Waals surface area (Å²) in [7, 11) is 0. The molecule has 0 aromatic carbocycles. The van der Waals surface area contributed by atoms with Crippen LogP contribution in [0.25, 0.3) is 11.0 Å². The minimum absolute atomic E-state index is 0.107. The third-order valence-electron chi connectivity index (χ3n) is 3.80. The average molecular weight is 332 g/mol. The number of carbonyl (C=O) groups is 2. The van der Waals surface area contributed by atoms with Crippen LogP contribution in [0.3, 0.4) is 0 Å². The van der Waals surface area contributed by atoms with Gasteiger partial charge in [-0.1, -0.05) is 13.8 Å². The van der Waals surface area contributed by atoms with Gasteiger partial charge in [0.1, 0.15) is 0 Å². The van der Waals surface area contributed by atoms with E-state index in [9.17, 15) is 14.7 Å². The molecule has 2 rings (SSSR count). The van der Waals surface area contributed by atoms with Crippen LogP contribution < -0.4 is 5.32 Å². The summed E-state index contributed by atoms with van der Waals surface area (Å²) in [6, 6.07) is 1.91. The molecule has 24 heavy (non-hydrogen) atoms. The standard InChI is InChI=1S/C17H24N4O3/c1-10(2)5-14(17(23)24)8-19-16(22)13-6-12-9-20-21(11(3)4)15(12)18-7-13/h6-7,9-11,14H,5,8H2,1-4H3,(H,19,22)(H,23,24). The number of aliphatic carboxylic acids is 1. The number of carbonyl (C=O) groups excluding carboxylic acids is 1. The van der Waals surface area contributed by atoms with Crippen molar-refractivity contribution < 1.29 is 14.7 Å². The highest BCUT2D eigenvalue weighted by Crippen LogP contribution is 2.17. The Morgan fingerprint density at radius 1 is 1.25 bits per heavy atom. The molecule has 0 aliphatic carbocycles. The monoisotopic (exact) mass is 332 g/mol. The summed E-state index contributed by atoms with van der Waals surface area (Å²) in [6.07, 6.45) is 3.70. The zero-order valence-electron chi connectivity index (χ0n) is 14.5. The molecule has 2 aromatic rings. The van der Waals surface area contributed by atoms with E-state index in [2.05, 4.69) is 15.4 Å². The fourth-order valence-electron chi connectivity index (χ4n) is 2.60. The van der Waals surface area contributed by atoms with E-state index >= 15 is 0 Å². The Bertz CT molecular complexity index is 737. The van der Waals surface area contributed by atoms with Crippen LogP contribution in [-0.4, -0.2) is 38.3 Å². The van der Waals surface area contributed by atoms with Crippen LogP contribution in [0.4, 0.5) is 0 Å². The second kappa shape index (κ2) is 7.42. The third-order valence-corrected chi connectivity index (χ3v) is 3.80. The van der Waals surface area contributed by atoms with Crippen molar-refractivity contribution in [2.75, 3.05) is 6.54 Å². The van der Waals surface area contributed by atoms with Crippen molar-refractivity contribution in [3.05, 3.63) is 24.0 Å². The van der Waals surface area contributed by atoms with E-state index in [0.717, 1.165) is 11.0 Å². The quantitative estimate of drug-likeness (QED) is 0.812. The molecule has 2 heterocycles. The summed E-state index contributed by atoms with van der Waals surface area (Å²) in [5.74, 6) is -1.55. The summed E-state index contributed by atoms with van der Waals surface area (Å²) in [4.78, 5) is 27.8. The SMILES string of the molecule is CC(C)CC(CNC(=O)c1cnc2c(cnn2C(C)C)c1)C(=O)O. The molecule has 0 aliphatic rings. The lowest BCUT2D eigenvalue weighted by molar-refractivity contribution is -0.142. The fourth-order valence-corrected chi connectivity index (χ4v) is 2.60. The van der Waals surface area contributed by atoms with Crippen molar-refractivity contribution in [3.63, 3.8) is 0 Å². The number of hydrogen-bond acceptors (Lipinski definition) is 4. The van der Waals surface area contributed by atoms with Gasteiger partial charge in [0, 0.05) is 24.2 Å². The number of pyridine rings is 1. The molecule has 2 N–H and O–H groups in total. The average Bonchev–Trinajstić information content (AvgIpc) is 2.93. The van der Waals surface area contributed by atoms with E-state index in [4.69, 9.17) is 0 Å². The van der Waals surface area contributed by atoms with Crippen LogP contribution >= 0.6 is 0 Å². The lowest BCUT2D eigenvalue weighted by atomic mass is 9.97. The molecule has 1 amide bonds. The van der Waals surface area contributed by atoms with Crippen LogP contribution in [0.15, 0.2) is 18.5 Å². The van der Waals surface area contributed by atoms with Gasteiger partial charge in [-0.2, -0.15) is 5.10 Å². The molecule has 0 saturated carbocycles. The van der Waals surface area contributed by atoms with E-state index in [1.54, 1.807) is 16.9 Å². The molecule has 0 spiro atoms. The molecule has 0 fully saturated rings. The van der Waals surface area contributed by atoms with Gasteiger partial charge in [0.05, 0.1) is 17.7 Å². The minimum Gasteiger partial charge on any atom is -0.481 e. The van der Waals surface area contributed by atoms with Gasteiger partial charge in [-0.05, 0) is 32.3 Å². The Labute approximate surface area is 141 Å². The van der Waals surface area contributed by atoms with E-state index in [1.807, 2.05) is 27.7 Å². The zero-order chi connectivity index (χ0) is 17.9. The molecule has 2 aromatic heterocycles. The first-order valence-corrected chi connectivity index (χ1v) is 8.13. The Kier molecular flexibility index (Phi) is 5.54. The topological polar surface area (TPSA) is 97.1 Å². The van der Waals surface area contributed by atoms with Crippen molar-refractivity contribution in [1.82, 2.24) is 20.1 Å². The predicted octanol–water partition coefficient (Wildman–Crippen LogP) is 2.49. The van der Waals surface area contributed by atoms with Crippen molar-refractivity contribution in [2.45, 2.75) is 40.2 Å². The molecule has 7 heteroatoms. The first-order valence-electron chi connectivity index (χ1n) is 8.13. The van der Waals surface area contributed by atoms with E-state index < -0.39 is 11.9 Å². The van der Waals surface area contributed by atoms with Gasteiger partial charge in [0.2, 0.25) is 0 Å². The first-order chi connectivity index (χ1) is 11.3. The smallest absolute Gasteiger partial charge is 0.308 e. The second-order valence-corrected chi connectivity index (χ2v) is 6.69. The van der Waals surface area contributed by atoms with E-state index in [1.165, 1.54) is 6.20 Å². The first kappa shape index (κ1) is 17.9. The molecule has 0 saturated heterocycles. The van der Waals surface area contributed by atoms with Crippen molar-refractivity contribution in [3.8, 4) is 0 Å². The van der Waals surface area contributed by atoms with Crippen molar-refractivity contribution in [2.24, 2.45) is 11.8 Å². The number of aromatic nitrogens is 3. The number of hydrogen-bond donors (Lipinski definition) is 2. The van der Waals surface area contributed by atoms with Crippen LogP contribution in [0.2, 0.25) is 0 Å². The Morgan fingerprint density at radius 2 is 1.96 bits per heavy atom. The summed E-state index contributed by atoms with van der Waals surface area (Å²) in [5.41, 5.74) is 1.13. The fraction of sp³-hybridized carbons (Fsp3) is 0.529. The Morgan fingerprint density at radius 3 is 2.54 bits per heavy atom. The highest BCUT2D eigenvalue weighted by Gasteiger charge is 2.20. The Hall–Kier alpha value is -2.44. The molecule has 0 aliphatic heterocycles. The summed E-state index contributed by atoms with van der Waals surface area (Å²) >= 11 is 0.